The number of nitrogens with two attached hydrogens (primary N) is 1. The van der Waals surface area contributed by atoms with Crippen molar-refractivity contribution >= 4 is 11.9 Å². The fraction of sp³-hybridized carbons (Fsp3) is 0.778. The maximum absolute atomic E-state index is 11.7. The van der Waals surface area contributed by atoms with E-state index in [1.807, 2.05) is 0 Å². The molecule has 0 aliphatic carbocycles. The van der Waals surface area contributed by atoms with Crippen molar-refractivity contribution in [2.24, 2.45) is 5.73 Å². The van der Waals surface area contributed by atoms with Crippen molar-refractivity contribution in [3.05, 3.63) is 0 Å². The van der Waals surface area contributed by atoms with E-state index in [-0.39, 0.29) is 25.0 Å². The van der Waals surface area contributed by atoms with Gasteiger partial charge in [-0.25, -0.2) is 0 Å². The average Bonchev–Trinajstić information content (AvgIpc) is 2.62. The number of aliphatic hydroxyl groups excluding tert-OH is 1. The highest BCUT2D eigenvalue weighted by molar-refractivity contribution is 5.86. The molecule has 1 amide bonds. The fourth-order valence-corrected chi connectivity index (χ4v) is 1.80. The Morgan fingerprint density at radius 3 is 2.73 bits per heavy atom. The third-order valence-electron chi connectivity index (χ3n) is 2.58. The SMILES string of the molecule is NC(CC(=O)O)C(=O)N1CCC[C@H]1CO. The summed E-state index contributed by atoms with van der Waals surface area (Å²) >= 11 is 0. The molecule has 1 heterocycles. The zero-order valence-corrected chi connectivity index (χ0v) is 8.43. The second-order valence-corrected chi connectivity index (χ2v) is 3.71. The van der Waals surface area contributed by atoms with Crippen LogP contribution in [-0.4, -0.2) is 52.2 Å². The number of likely N-dealkylation sites (tertiary alicyclic amines) is 1. The summed E-state index contributed by atoms with van der Waals surface area (Å²) in [5.41, 5.74) is 5.46. The molecule has 1 aliphatic heterocycles. The van der Waals surface area contributed by atoms with Crippen LogP contribution in [0.25, 0.3) is 0 Å². The van der Waals surface area contributed by atoms with Gasteiger partial charge in [0.05, 0.1) is 25.1 Å². The van der Waals surface area contributed by atoms with Crippen LogP contribution in [0.1, 0.15) is 19.3 Å². The molecule has 1 fully saturated rings. The highest BCUT2D eigenvalue weighted by Gasteiger charge is 2.31. The predicted molar refractivity (Wildman–Crippen MR) is 52.0 cm³/mol. The molecule has 0 radical (unpaired) electrons. The van der Waals surface area contributed by atoms with Gasteiger partial charge in [-0.05, 0) is 12.8 Å². The number of carboxylic acids is 1. The van der Waals surface area contributed by atoms with E-state index >= 15 is 0 Å². The van der Waals surface area contributed by atoms with Gasteiger partial charge in [0.1, 0.15) is 0 Å². The van der Waals surface area contributed by atoms with E-state index in [1.54, 1.807) is 0 Å². The normalized spacial score (nSPS) is 22.8. The van der Waals surface area contributed by atoms with Gasteiger partial charge in [0.2, 0.25) is 5.91 Å². The summed E-state index contributed by atoms with van der Waals surface area (Å²) in [6.07, 6.45) is 1.21. The summed E-state index contributed by atoms with van der Waals surface area (Å²) in [6, 6.07) is -1.20. The van der Waals surface area contributed by atoms with E-state index in [0.29, 0.717) is 6.54 Å². The molecule has 0 saturated carbocycles. The molecule has 1 aliphatic rings. The molecule has 0 aromatic carbocycles. The quantitative estimate of drug-likeness (QED) is 0.546. The monoisotopic (exact) mass is 216 g/mol. The largest absolute Gasteiger partial charge is 0.481 e. The minimum absolute atomic E-state index is 0.0917. The summed E-state index contributed by atoms with van der Waals surface area (Å²) in [5.74, 6) is -1.47. The minimum atomic E-state index is -1.09. The summed E-state index contributed by atoms with van der Waals surface area (Å²) < 4.78 is 0. The second kappa shape index (κ2) is 5.09. The molecule has 1 unspecified atom stereocenters. The van der Waals surface area contributed by atoms with Crippen LogP contribution in [0.4, 0.5) is 0 Å². The molecule has 6 heteroatoms. The van der Waals surface area contributed by atoms with Crippen LogP contribution in [0.3, 0.4) is 0 Å². The molecule has 0 aromatic heterocycles. The number of nitrogens with zero attached hydrogens (tertiary/aromatic N) is 1. The van der Waals surface area contributed by atoms with E-state index < -0.39 is 12.0 Å². The predicted octanol–water partition coefficient (Wildman–Crippen LogP) is -1.23. The van der Waals surface area contributed by atoms with Crippen molar-refractivity contribution in [2.45, 2.75) is 31.3 Å². The maximum Gasteiger partial charge on any atom is 0.305 e. The summed E-state index contributed by atoms with van der Waals surface area (Å²) in [7, 11) is 0. The van der Waals surface area contributed by atoms with Crippen LogP contribution in [-0.2, 0) is 9.59 Å². The topological polar surface area (TPSA) is 104 Å². The highest BCUT2D eigenvalue weighted by atomic mass is 16.4. The molecule has 0 bridgehead atoms. The minimum Gasteiger partial charge on any atom is -0.481 e. The maximum atomic E-state index is 11.7. The van der Waals surface area contributed by atoms with Gasteiger partial charge in [-0.1, -0.05) is 0 Å². The van der Waals surface area contributed by atoms with E-state index in [4.69, 9.17) is 15.9 Å². The summed E-state index contributed by atoms with van der Waals surface area (Å²) in [4.78, 5) is 23.5. The second-order valence-electron chi connectivity index (χ2n) is 3.71. The number of hydrogen-bond acceptors (Lipinski definition) is 4. The lowest BCUT2D eigenvalue weighted by Gasteiger charge is -2.25. The lowest BCUT2D eigenvalue weighted by molar-refractivity contribution is -0.142. The summed E-state index contributed by atoms with van der Waals surface area (Å²) in [5, 5.41) is 17.5. The Kier molecular flexibility index (Phi) is 4.05. The number of carbonyl (C=O) groups excluding carboxylic acids is 1. The number of carbonyl (C=O) groups is 2. The zero-order valence-electron chi connectivity index (χ0n) is 8.43. The molecule has 1 rings (SSSR count). The van der Waals surface area contributed by atoms with Gasteiger partial charge < -0.3 is 20.8 Å². The molecule has 0 aromatic rings. The van der Waals surface area contributed by atoms with Gasteiger partial charge in [0.15, 0.2) is 0 Å². The number of amides is 1. The molecule has 4 N–H and O–H groups in total. The highest BCUT2D eigenvalue weighted by Crippen LogP contribution is 2.17. The first kappa shape index (κ1) is 11.9. The van der Waals surface area contributed by atoms with Crippen molar-refractivity contribution in [1.29, 1.82) is 0 Å². The Balaban J connectivity index is 2.55. The van der Waals surface area contributed by atoms with Crippen LogP contribution in [0.15, 0.2) is 0 Å². The molecular formula is C9H16N2O4. The number of carboxylic acid groups (broad SMARTS) is 1. The van der Waals surface area contributed by atoms with Crippen LogP contribution in [0.5, 0.6) is 0 Å². The number of aliphatic hydroxyl groups is 1. The van der Waals surface area contributed by atoms with Crippen molar-refractivity contribution in [2.75, 3.05) is 13.2 Å². The van der Waals surface area contributed by atoms with Gasteiger partial charge in [-0.3, -0.25) is 9.59 Å². The van der Waals surface area contributed by atoms with Crippen molar-refractivity contribution in [1.82, 2.24) is 4.90 Å². The van der Waals surface area contributed by atoms with Crippen LogP contribution in [0.2, 0.25) is 0 Å². The van der Waals surface area contributed by atoms with Crippen molar-refractivity contribution < 1.29 is 19.8 Å². The number of rotatable bonds is 4. The Morgan fingerprint density at radius 2 is 2.20 bits per heavy atom. The Morgan fingerprint density at radius 1 is 1.53 bits per heavy atom. The van der Waals surface area contributed by atoms with Crippen molar-refractivity contribution in [3.63, 3.8) is 0 Å². The Bertz CT molecular complexity index is 256. The lowest BCUT2D eigenvalue weighted by Crippen LogP contribution is -2.47. The Labute approximate surface area is 87.7 Å². The average molecular weight is 216 g/mol. The third kappa shape index (κ3) is 2.90. The fourth-order valence-electron chi connectivity index (χ4n) is 1.80. The van der Waals surface area contributed by atoms with Crippen LogP contribution < -0.4 is 5.73 Å². The smallest absolute Gasteiger partial charge is 0.305 e. The third-order valence-corrected chi connectivity index (χ3v) is 2.58. The molecule has 86 valence electrons. The van der Waals surface area contributed by atoms with Crippen LogP contribution in [0, 0.1) is 0 Å². The molecule has 1 saturated heterocycles. The molecule has 0 spiro atoms. The first-order chi connectivity index (χ1) is 7.06. The van der Waals surface area contributed by atoms with Crippen LogP contribution >= 0.6 is 0 Å². The van der Waals surface area contributed by atoms with Crippen molar-refractivity contribution in [3.8, 4) is 0 Å². The molecule has 6 nitrogen and oxygen atoms in total. The lowest BCUT2D eigenvalue weighted by atomic mass is 10.1. The zero-order chi connectivity index (χ0) is 11.4. The summed E-state index contributed by atoms with van der Waals surface area (Å²) in [6.45, 7) is 0.461. The molecule has 15 heavy (non-hydrogen) atoms. The van der Waals surface area contributed by atoms with E-state index in [9.17, 15) is 9.59 Å². The first-order valence-electron chi connectivity index (χ1n) is 4.95. The van der Waals surface area contributed by atoms with E-state index in [2.05, 4.69) is 0 Å². The molecular weight excluding hydrogens is 200 g/mol. The van der Waals surface area contributed by atoms with Gasteiger partial charge in [-0.15, -0.1) is 0 Å². The van der Waals surface area contributed by atoms with E-state index in [1.165, 1.54) is 4.90 Å². The first-order valence-corrected chi connectivity index (χ1v) is 4.95. The molecule has 2 atom stereocenters. The standard InChI is InChI=1S/C9H16N2O4/c10-7(4-8(13)14)9(15)11-3-1-2-6(11)5-12/h6-7,12H,1-5,10H2,(H,13,14)/t6-,7?/m0/s1. The number of hydrogen-bond donors (Lipinski definition) is 3. The van der Waals surface area contributed by atoms with Gasteiger partial charge in [0.25, 0.3) is 0 Å². The Hall–Kier alpha value is -1.14. The van der Waals surface area contributed by atoms with Gasteiger partial charge >= 0.3 is 5.97 Å². The van der Waals surface area contributed by atoms with Gasteiger partial charge in [-0.2, -0.15) is 0 Å². The number of aliphatic carboxylic acids is 1. The van der Waals surface area contributed by atoms with E-state index in [0.717, 1.165) is 12.8 Å². The van der Waals surface area contributed by atoms with Gasteiger partial charge in [0, 0.05) is 6.54 Å².